The molecule has 0 aromatic heterocycles. The van der Waals surface area contributed by atoms with Crippen LogP contribution in [0, 0.1) is 11.7 Å². The molecule has 1 aromatic carbocycles. The number of benzene rings is 1. The van der Waals surface area contributed by atoms with Crippen LogP contribution in [-0.4, -0.2) is 12.4 Å². The second kappa shape index (κ2) is 5.47. The van der Waals surface area contributed by atoms with Crippen molar-refractivity contribution in [2.75, 3.05) is 12.4 Å². The van der Waals surface area contributed by atoms with E-state index >= 15 is 0 Å². The molecule has 14 heavy (non-hydrogen) atoms. The van der Waals surface area contributed by atoms with Crippen molar-refractivity contribution in [2.45, 2.75) is 6.92 Å². The Bertz CT molecular complexity index is 306. The lowest BCUT2D eigenvalue weighted by Gasteiger charge is -2.10. The van der Waals surface area contributed by atoms with Gasteiger partial charge in [0, 0.05) is 6.07 Å². The average Bonchev–Trinajstić information content (AvgIpc) is 2.19. The van der Waals surface area contributed by atoms with Gasteiger partial charge in [-0.2, -0.15) is 12.6 Å². The van der Waals surface area contributed by atoms with Crippen LogP contribution in [0.5, 0.6) is 5.75 Å². The Hall–Kier alpha value is -0.410. The van der Waals surface area contributed by atoms with Crippen molar-refractivity contribution in [2.24, 2.45) is 5.92 Å². The second-order valence-corrected chi connectivity index (χ2v) is 3.95. The summed E-state index contributed by atoms with van der Waals surface area (Å²) in [5.41, 5.74) is 0. The molecule has 0 aliphatic carbocycles. The fraction of sp³-hybridized carbons (Fsp3) is 0.400. The Morgan fingerprint density at radius 2 is 2.29 bits per heavy atom. The minimum atomic E-state index is -0.456. The summed E-state index contributed by atoms with van der Waals surface area (Å²) in [6.07, 6.45) is 0. The molecule has 0 saturated heterocycles. The maximum Gasteiger partial charge on any atom is 0.145 e. The monoisotopic (exact) mass is 234 g/mol. The van der Waals surface area contributed by atoms with Crippen molar-refractivity contribution in [3.8, 4) is 5.75 Å². The summed E-state index contributed by atoms with van der Waals surface area (Å²) >= 11 is 9.65. The van der Waals surface area contributed by atoms with Gasteiger partial charge in [-0.3, -0.25) is 0 Å². The molecule has 1 unspecified atom stereocenters. The van der Waals surface area contributed by atoms with Crippen LogP contribution in [0.4, 0.5) is 4.39 Å². The average molecular weight is 235 g/mol. The fourth-order valence-corrected chi connectivity index (χ4v) is 1.08. The SMILES string of the molecule is CC(CS)COc1ccc(Cl)c(F)c1. The smallest absolute Gasteiger partial charge is 0.145 e. The summed E-state index contributed by atoms with van der Waals surface area (Å²) in [6, 6.07) is 4.42. The number of ether oxygens (including phenoxy) is 1. The van der Waals surface area contributed by atoms with Crippen LogP contribution in [0.1, 0.15) is 6.92 Å². The highest BCUT2D eigenvalue weighted by molar-refractivity contribution is 7.80. The van der Waals surface area contributed by atoms with Gasteiger partial charge >= 0.3 is 0 Å². The highest BCUT2D eigenvalue weighted by Crippen LogP contribution is 2.20. The van der Waals surface area contributed by atoms with Gasteiger partial charge in [0.05, 0.1) is 11.6 Å². The molecule has 0 N–H and O–H groups in total. The van der Waals surface area contributed by atoms with Gasteiger partial charge in [0.25, 0.3) is 0 Å². The van der Waals surface area contributed by atoms with E-state index in [4.69, 9.17) is 16.3 Å². The Labute approximate surface area is 93.6 Å². The van der Waals surface area contributed by atoms with E-state index in [2.05, 4.69) is 12.6 Å². The maximum absolute atomic E-state index is 13.0. The molecule has 0 aliphatic rings. The van der Waals surface area contributed by atoms with Crippen LogP contribution < -0.4 is 4.74 Å². The highest BCUT2D eigenvalue weighted by Gasteiger charge is 2.04. The third-order valence-electron chi connectivity index (χ3n) is 1.74. The van der Waals surface area contributed by atoms with Crippen molar-refractivity contribution >= 4 is 24.2 Å². The van der Waals surface area contributed by atoms with E-state index in [9.17, 15) is 4.39 Å². The van der Waals surface area contributed by atoms with Crippen LogP contribution in [0.25, 0.3) is 0 Å². The van der Waals surface area contributed by atoms with Gasteiger partial charge in [-0.25, -0.2) is 4.39 Å². The molecule has 0 radical (unpaired) electrons. The summed E-state index contributed by atoms with van der Waals surface area (Å²) in [5, 5.41) is 0.111. The van der Waals surface area contributed by atoms with Crippen LogP contribution in [0.3, 0.4) is 0 Å². The molecule has 0 fully saturated rings. The highest BCUT2D eigenvalue weighted by atomic mass is 35.5. The normalized spacial score (nSPS) is 12.6. The Balaban J connectivity index is 2.55. The van der Waals surface area contributed by atoms with Gasteiger partial charge in [0.2, 0.25) is 0 Å². The minimum absolute atomic E-state index is 0.111. The molecule has 1 rings (SSSR count). The minimum Gasteiger partial charge on any atom is -0.493 e. The number of hydrogen-bond acceptors (Lipinski definition) is 2. The zero-order valence-corrected chi connectivity index (χ0v) is 9.49. The van der Waals surface area contributed by atoms with Crippen LogP contribution in [0.2, 0.25) is 5.02 Å². The molecule has 1 nitrogen and oxygen atoms in total. The van der Waals surface area contributed by atoms with Gasteiger partial charge in [0.1, 0.15) is 11.6 Å². The van der Waals surface area contributed by atoms with Gasteiger partial charge < -0.3 is 4.74 Å². The van der Waals surface area contributed by atoms with Crippen LogP contribution in [-0.2, 0) is 0 Å². The van der Waals surface area contributed by atoms with E-state index in [1.54, 1.807) is 6.07 Å². The lowest BCUT2D eigenvalue weighted by molar-refractivity contribution is 0.272. The predicted molar refractivity (Wildman–Crippen MR) is 59.9 cm³/mol. The van der Waals surface area contributed by atoms with Gasteiger partial charge in [-0.1, -0.05) is 18.5 Å². The lowest BCUT2D eigenvalue weighted by atomic mass is 10.2. The molecule has 0 bridgehead atoms. The molecule has 0 spiro atoms. The first-order valence-electron chi connectivity index (χ1n) is 4.32. The molecule has 1 aromatic rings. The first kappa shape index (κ1) is 11.7. The van der Waals surface area contributed by atoms with Gasteiger partial charge in [-0.05, 0) is 23.8 Å². The third-order valence-corrected chi connectivity index (χ3v) is 2.67. The Morgan fingerprint density at radius 1 is 1.57 bits per heavy atom. The largest absolute Gasteiger partial charge is 0.493 e. The molecular formula is C10H12ClFOS. The van der Waals surface area contributed by atoms with Crippen molar-refractivity contribution in [1.82, 2.24) is 0 Å². The lowest BCUT2D eigenvalue weighted by Crippen LogP contribution is -2.09. The molecule has 0 amide bonds. The molecular weight excluding hydrogens is 223 g/mol. The first-order valence-corrected chi connectivity index (χ1v) is 5.33. The van der Waals surface area contributed by atoms with E-state index < -0.39 is 5.82 Å². The van der Waals surface area contributed by atoms with E-state index in [-0.39, 0.29) is 5.02 Å². The zero-order valence-electron chi connectivity index (χ0n) is 7.84. The summed E-state index contributed by atoms with van der Waals surface area (Å²) in [7, 11) is 0. The maximum atomic E-state index is 13.0. The van der Waals surface area contributed by atoms with Crippen LogP contribution in [0.15, 0.2) is 18.2 Å². The molecule has 4 heteroatoms. The summed E-state index contributed by atoms with van der Waals surface area (Å²) in [4.78, 5) is 0. The van der Waals surface area contributed by atoms with E-state index in [0.717, 1.165) is 5.75 Å². The third kappa shape index (κ3) is 3.39. The van der Waals surface area contributed by atoms with E-state index in [0.29, 0.717) is 18.3 Å². The molecule has 0 saturated carbocycles. The molecule has 0 heterocycles. The van der Waals surface area contributed by atoms with Crippen molar-refractivity contribution in [1.29, 1.82) is 0 Å². The molecule has 1 atom stereocenters. The van der Waals surface area contributed by atoms with Crippen molar-refractivity contribution < 1.29 is 9.13 Å². The molecule has 78 valence electrons. The molecule has 0 aliphatic heterocycles. The standard InChI is InChI=1S/C10H12ClFOS/c1-7(6-14)5-13-8-2-3-9(11)10(12)4-8/h2-4,7,14H,5-6H2,1H3. The number of halogens is 2. The number of hydrogen-bond donors (Lipinski definition) is 1. The number of rotatable bonds is 4. The predicted octanol–water partition coefficient (Wildman–Crippen LogP) is 3.42. The quantitative estimate of drug-likeness (QED) is 0.786. The van der Waals surface area contributed by atoms with Crippen LogP contribution >= 0.6 is 24.2 Å². The summed E-state index contributed by atoms with van der Waals surface area (Å²) in [6.45, 7) is 2.55. The summed E-state index contributed by atoms with van der Waals surface area (Å²) in [5.74, 6) is 1.14. The fourth-order valence-electron chi connectivity index (χ4n) is 0.858. The van der Waals surface area contributed by atoms with Gasteiger partial charge in [-0.15, -0.1) is 0 Å². The van der Waals surface area contributed by atoms with E-state index in [1.165, 1.54) is 12.1 Å². The first-order chi connectivity index (χ1) is 6.63. The Morgan fingerprint density at radius 3 is 2.86 bits per heavy atom. The zero-order chi connectivity index (χ0) is 10.6. The van der Waals surface area contributed by atoms with E-state index in [1.807, 2.05) is 6.92 Å². The van der Waals surface area contributed by atoms with Crippen molar-refractivity contribution in [3.05, 3.63) is 29.0 Å². The second-order valence-electron chi connectivity index (χ2n) is 3.17. The number of thiol groups is 1. The summed E-state index contributed by atoms with van der Waals surface area (Å²) < 4.78 is 18.3. The van der Waals surface area contributed by atoms with Crippen molar-refractivity contribution in [3.63, 3.8) is 0 Å². The van der Waals surface area contributed by atoms with Gasteiger partial charge in [0.15, 0.2) is 0 Å². The Kier molecular flexibility index (Phi) is 4.55. The topological polar surface area (TPSA) is 9.23 Å².